The second kappa shape index (κ2) is 4.88. The number of rotatable bonds is 2. The minimum Gasteiger partial charge on any atom is -0.495 e. The van der Waals surface area contributed by atoms with Gasteiger partial charge in [-0.25, -0.2) is 4.98 Å². The summed E-state index contributed by atoms with van der Waals surface area (Å²) in [5.74, 6) is 0.838. The lowest BCUT2D eigenvalue weighted by atomic mass is 9.99. The summed E-state index contributed by atoms with van der Waals surface area (Å²) in [6, 6.07) is 16.7. The number of benzene rings is 2. The van der Waals surface area contributed by atoms with Gasteiger partial charge in [0.1, 0.15) is 11.4 Å². The fraction of sp³-hybridized carbons (Fsp3) is 0.105. The van der Waals surface area contributed by atoms with Gasteiger partial charge in [-0.2, -0.15) is 0 Å². The molecule has 2 aromatic carbocycles. The molecule has 0 aliphatic carbocycles. The smallest absolute Gasteiger partial charge is 0.143 e. The van der Waals surface area contributed by atoms with Gasteiger partial charge in [0, 0.05) is 17.0 Å². The van der Waals surface area contributed by atoms with E-state index < -0.39 is 0 Å². The molecule has 0 radical (unpaired) electrons. The SMILES string of the molecule is COc1ccc(-c2ccccc2)c2c1[nH]c1ncc(C)cc12. The van der Waals surface area contributed by atoms with Crippen molar-refractivity contribution >= 4 is 21.9 Å². The third-order valence-electron chi connectivity index (χ3n) is 4.01. The van der Waals surface area contributed by atoms with Gasteiger partial charge in [-0.1, -0.05) is 30.3 Å². The Morgan fingerprint density at radius 2 is 1.86 bits per heavy atom. The van der Waals surface area contributed by atoms with Crippen LogP contribution >= 0.6 is 0 Å². The quantitative estimate of drug-likeness (QED) is 0.580. The first-order chi connectivity index (χ1) is 10.8. The number of hydrogen-bond acceptors (Lipinski definition) is 2. The molecule has 0 bridgehead atoms. The zero-order valence-electron chi connectivity index (χ0n) is 12.6. The van der Waals surface area contributed by atoms with Crippen LogP contribution in [-0.2, 0) is 0 Å². The van der Waals surface area contributed by atoms with E-state index in [0.717, 1.165) is 33.2 Å². The molecular weight excluding hydrogens is 272 g/mol. The summed E-state index contributed by atoms with van der Waals surface area (Å²) in [5.41, 5.74) is 5.42. The van der Waals surface area contributed by atoms with Crippen molar-refractivity contribution in [3.05, 3.63) is 60.3 Å². The van der Waals surface area contributed by atoms with Crippen LogP contribution in [0.5, 0.6) is 5.75 Å². The highest BCUT2D eigenvalue weighted by atomic mass is 16.5. The minimum atomic E-state index is 0.838. The van der Waals surface area contributed by atoms with Crippen molar-refractivity contribution in [3.63, 3.8) is 0 Å². The number of methoxy groups -OCH3 is 1. The van der Waals surface area contributed by atoms with E-state index in [1.54, 1.807) is 7.11 Å². The molecule has 1 N–H and O–H groups in total. The first-order valence-electron chi connectivity index (χ1n) is 7.28. The second-order valence-corrected chi connectivity index (χ2v) is 5.47. The number of fused-ring (bicyclic) bond motifs is 3. The van der Waals surface area contributed by atoms with Crippen LogP contribution in [0.4, 0.5) is 0 Å². The summed E-state index contributed by atoms with van der Waals surface area (Å²) in [6.07, 6.45) is 1.88. The maximum Gasteiger partial charge on any atom is 0.143 e. The van der Waals surface area contributed by atoms with E-state index in [0.29, 0.717) is 0 Å². The topological polar surface area (TPSA) is 37.9 Å². The number of aromatic amines is 1. The van der Waals surface area contributed by atoms with Crippen molar-refractivity contribution < 1.29 is 4.74 Å². The number of pyridine rings is 1. The van der Waals surface area contributed by atoms with Gasteiger partial charge in [0.2, 0.25) is 0 Å². The maximum atomic E-state index is 5.52. The van der Waals surface area contributed by atoms with E-state index in [4.69, 9.17) is 4.74 Å². The second-order valence-electron chi connectivity index (χ2n) is 5.47. The van der Waals surface area contributed by atoms with Gasteiger partial charge in [0.25, 0.3) is 0 Å². The number of ether oxygens (including phenoxy) is 1. The molecule has 2 aromatic heterocycles. The fourth-order valence-electron chi connectivity index (χ4n) is 2.99. The summed E-state index contributed by atoms with van der Waals surface area (Å²) >= 11 is 0. The lowest BCUT2D eigenvalue weighted by molar-refractivity contribution is 0.419. The summed E-state index contributed by atoms with van der Waals surface area (Å²) < 4.78 is 5.52. The predicted molar refractivity (Wildman–Crippen MR) is 90.3 cm³/mol. The summed E-state index contributed by atoms with van der Waals surface area (Å²) in [7, 11) is 1.70. The zero-order chi connectivity index (χ0) is 15.1. The van der Waals surface area contributed by atoms with E-state index >= 15 is 0 Å². The third kappa shape index (κ3) is 1.86. The van der Waals surface area contributed by atoms with Crippen molar-refractivity contribution in [1.82, 2.24) is 9.97 Å². The van der Waals surface area contributed by atoms with Gasteiger partial charge in [-0.15, -0.1) is 0 Å². The van der Waals surface area contributed by atoms with Crippen molar-refractivity contribution in [2.75, 3.05) is 7.11 Å². The van der Waals surface area contributed by atoms with E-state index in [1.807, 2.05) is 18.3 Å². The van der Waals surface area contributed by atoms with Gasteiger partial charge < -0.3 is 9.72 Å². The van der Waals surface area contributed by atoms with Gasteiger partial charge in [-0.3, -0.25) is 0 Å². The van der Waals surface area contributed by atoms with Crippen molar-refractivity contribution in [1.29, 1.82) is 0 Å². The van der Waals surface area contributed by atoms with Gasteiger partial charge in [0.15, 0.2) is 0 Å². The monoisotopic (exact) mass is 288 g/mol. The largest absolute Gasteiger partial charge is 0.495 e. The average molecular weight is 288 g/mol. The van der Waals surface area contributed by atoms with Crippen molar-refractivity contribution in [2.24, 2.45) is 0 Å². The summed E-state index contributed by atoms with van der Waals surface area (Å²) in [4.78, 5) is 7.92. The van der Waals surface area contributed by atoms with Crippen molar-refractivity contribution in [2.45, 2.75) is 6.92 Å². The van der Waals surface area contributed by atoms with Gasteiger partial charge >= 0.3 is 0 Å². The number of nitrogens with one attached hydrogen (secondary N) is 1. The van der Waals surface area contributed by atoms with E-state index in [2.05, 4.69) is 53.3 Å². The fourth-order valence-corrected chi connectivity index (χ4v) is 2.99. The molecule has 3 nitrogen and oxygen atoms in total. The Bertz CT molecular complexity index is 971. The molecule has 0 amide bonds. The van der Waals surface area contributed by atoms with Crippen LogP contribution in [0, 0.1) is 6.92 Å². The molecule has 0 saturated carbocycles. The van der Waals surface area contributed by atoms with Crippen molar-refractivity contribution in [3.8, 4) is 16.9 Å². The lowest BCUT2D eigenvalue weighted by Gasteiger charge is -2.08. The van der Waals surface area contributed by atoms with Crippen LogP contribution in [0.3, 0.4) is 0 Å². The molecule has 0 aliphatic heterocycles. The highest BCUT2D eigenvalue weighted by Crippen LogP contribution is 2.38. The lowest BCUT2D eigenvalue weighted by Crippen LogP contribution is -1.86. The molecule has 0 atom stereocenters. The van der Waals surface area contributed by atoms with E-state index in [-0.39, 0.29) is 0 Å². The Kier molecular flexibility index (Phi) is 2.86. The Hall–Kier alpha value is -2.81. The molecule has 4 aromatic rings. The zero-order valence-corrected chi connectivity index (χ0v) is 12.6. The molecule has 0 unspecified atom stereocenters. The number of hydrogen-bond donors (Lipinski definition) is 1. The minimum absolute atomic E-state index is 0.838. The molecule has 0 aliphatic rings. The first kappa shape index (κ1) is 12.9. The predicted octanol–water partition coefficient (Wildman–Crippen LogP) is 4.70. The Morgan fingerprint density at radius 1 is 1.05 bits per heavy atom. The van der Waals surface area contributed by atoms with Crippen LogP contribution in [0.1, 0.15) is 5.56 Å². The molecule has 22 heavy (non-hydrogen) atoms. The normalized spacial score (nSPS) is 11.2. The van der Waals surface area contributed by atoms with Gasteiger partial charge in [-0.05, 0) is 41.8 Å². The first-order valence-corrected chi connectivity index (χ1v) is 7.28. The highest BCUT2D eigenvalue weighted by molar-refractivity contribution is 6.15. The Balaban J connectivity index is 2.18. The third-order valence-corrected chi connectivity index (χ3v) is 4.01. The maximum absolute atomic E-state index is 5.52. The number of aromatic nitrogens is 2. The average Bonchev–Trinajstić information content (AvgIpc) is 2.93. The number of H-pyrrole nitrogens is 1. The molecule has 108 valence electrons. The highest BCUT2D eigenvalue weighted by Gasteiger charge is 2.14. The molecule has 0 fully saturated rings. The summed E-state index contributed by atoms with van der Waals surface area (Å²) in [6.45, 7) is 2.06. The molecular formula is C19H16N2O. The molecule has 0 spiro atoms. The molecule has 4 rings (SSSR count). The standard InChI is InChI=1S/C19H16N2O/c1-12-10-15-17-14(13-6-4-3-5-7-13)8-9-16(22-2)18(17)21-19(15)20-11-12/h3-11H,1-2H3,(H,20,21). The van der Waals surface area contributed by atoms with Gasteiger partial charge in [0.05, 0.1) is 12.6 Å². The molecule has 2 heterocycles. The van der Waals surface area contributed by atoms with Crippen LogP contribution in [-0.4, -0.2) is 17.1 Å². The van der Waals surface area contributed by atoms with E-state index in [9.17, 15) is 0 Å². The Labute approximate surface area is 128 Å². The van der Waals surface area contributed by atoms with E-state index in [1.165, 1.54) is 11.1 Å². The van der Waals surface area contributed by atoms with Crippen LogP contribution in [0.2, 0.25) is 0 Å². The summed E-state index contributed by atoms with van der Waals surface area (Å²) in [5, 5.41) is 2.30. The molecule has 3 heteroatoms. The molecule has 0 saturated heterocycles. The van der Waals surface area contributed by atoms with Crippen LogP contribution in [0.25, 0.3) is 33.1 Å². The Morgan fingerprint density at radius 3 is 2.64 bits per heavy atom. The van der Waals surface area contributed by atoms with Crippen LogP contribution in [0.15, 0.2) is 54.7 Å². The van der Waals surface area contributed by atoms with Crippen LogP contribution < -0.4 is 4.74 Å². The number of aryl methyl sites for hydroxylation is 1. The number of nitrogens with zero attached hydrogens (tertiary/aromatic N) is 1.